The first-order valence-electron chi connectivity index (χ1n) is 6.63. The average Bonchev–Trinajstić information content (AvgIpc) is 2.43. The van der Waals surface area contributed by atoms with Gasteiger partial charge in [0.25, 0.3) is 0 Å². The molecule has 0 aliphatic carbocycles. The molecule has 23 heavy (non-hydrogen) atoms. The summed E-state index contributed by atoms with van der Waals surface area (Å²) in [4.78, 5) is 12.0. The number of carbonyl (C=O) groups excluding carboxylic acids is 1. The fourth-order valence-corrected chi connectivity index (χ4v) is 2.13. The van der Waals surface area contributed by atoms with Crippen LogP contribution >= 0.6 is 0 Å². The predicted octanol–water partition coefficient (Wildman–Crippen LogP) is 3.64. The Balaban J connectivity index is 2.08. The fourth-order valence-electron chi connectivity index (χ4n) is 2.13. The van der Waals surface area contributed by atoms with Crippen molar-refractivity contribution in [3.05, 3.63) is 53.1 Å². The number of rotatable bonds is 4. The molecule has 0 aliphatic heterocycles. The smallest absolute Gasteiger partial charge is 0.416 e. The van der Waals surface area contributed by atoms with E-state index in [0.717, 1.165) is 24.3 Å². The van der Waals surface area contributed by atoms with Crippen molar-refractivity contribution in [1.29, 1.82) is 0 Å². The molecule has 7 heteroatoms. The fraction of sp³-hybridized carbons (Fsp3) is 0.188. The Morgan fingerprint density at radius 2 is 1.48 bits per heavy atom. The second kappa shape index (κ2) is 6.20. The maximum Gasteiger partial charge on any atom is 0.416 e. The van der Waals surface area contributed by atoms with Gasteiger partial charge in [0.15, 0.2) is 5.78 Å². The second-order valence-corrected chi connectivity index (χ2v) is 4.98. The minimum Gasteiger partial charge on any atom is -0.508 e. The van der Waals surface area contributed by atoms with E-state index in [1.807, 2.05) is 0 Å². The molecule has 2 aromatic rings. The number of phenols is 3. The van der Waals surface area contributed by atoms with Gasteiger partial charge in [-0.25, -0.2) is 0 Å². The van der Waals surface area contributed by atoms with Crippen molar-refractivity contribution < 1.29 is 33.3 Å². The van der Waals surface area contributed by atoms with Gasteiger partial charge in [0, 0.05) is 18.6 Å². The Morgan fingerprint density at radius 3 is 1.96 bits per heavy atom. The molecule has 0 saturated carbocycles. The number of Topliss-reactive ketones (excluding diaryl/α,β-unsaturated/α-hetero) is 1. The Kier molecular flexibility index (Phi) is 4.49. The summed E-state index contributed by atoms with van der Waals surface area (Å²) in [6.07, 6.45) is -4.38. The van der Waals surface area contributed by atoms with Crippen molar-refractivity contribution in [3.63, 3.8) is 0 Å². The van der Waals surface area contributed by atoms with Crippen LogP contribution < -0.4 is 0 Å². The lowest BCUT2D eigenvalue weighted by molar-refractivity contribution is -0.137. The topological polar surface area (TPSA) is 77.8 Å². The molecule has 0 heterocycles. The van der Waals surface area contributed by atoms with Crippen LogP contribution in [0.3, 0.4) is 0 Å². The Bertz CT molecular complexity index is 698. The Labute approximate surface area is 129 Å². The summed E-state index contributed by atoms with van der Waals surface area (Å²) in [6.45, 7) is 0. The Hall–Kier alpha value is -2.70. The molecular formula is C16H13F3O4. The monoisotopic (exact) mass is 326 g/mol. The predicted molar refractivity (Wildman–Crippen MR) is 75.5 cm³/mol. The summed E-state index contributed by atoms with van der Waals surface area (Å²) in [6, 6.07) is 6.24. The number of phenolic OH excluding ortho intramolecular Hbond substituents is 3. The molecule has 0 radical (unpaired) electrons. The lowest BCUT2D eigenvalue weighted by atomic mass is 10.0. The van der Waals surface area contributed by atoms with Crippen LogP contribution in [0.25, 0.3) is 0 Å². The van der Waals surface area contributed by atoms with E-state index in [-0.39, 0.29) is 24.2 Å². The zero-order chi connectivity index (χ0) is 17.2. The molecule has 0 spiro atoms. The van der Waals surface area contributed by atoms with Gasteiger partial charge in [-0.2, -0.15) is 13.2 Å². The van der Waals surface area contributed by atoms with Gasteiger partial charge in [-0.1, -0.05) is 12.1 Å². The highest BCUT2D eigenvalue weighted by Crippen LogP contribution is 2.33. The zero-order valence-corrected chi connectivity index (χ0v) is 11.8. The van der Waals surface area contributed by atoms with Gasteiger partial charge >= 0.3 is 6.18 Å². The van der Waals surface area contributed by atoms with Crippen LogP contribution in [-0.4, -0.2) is 21.1 Å². The van der Waals surface area contributed by atoms with E-state index < -0.39 is 29.0 Å². The number of hydrogen-bond acceptors (Lipinski definition) is 4. The number of alkyl halides is 3. The van der Waals surface area contributed by atoms with Crippen LogP contribution in [0.2, 0.25) is 0 Å². The van der Waals surface area contributed by atoms with Crippen molar-refractivity contribution >= 4 is 5.78 Å². The highest BCUT2D eigenvalue weighted by Gasteiger charge is 2.29. The van der Waals surface area contributed by atoms with Crippen LogP contribution in [0, 0.1) is 0 Å². The van der Waals surface area contributed by atoms with E-state index in [1.54, 1.807) is 0 Å². The molecular weight excluding hydrogens is 313 g/mol. The maximum atomic E-state index is 12.4. The number of aromatic hydroxyl groups is 3. The Morgan fingerprint density at radius 1 is 0.957 bits per heavy atom. The van der Waals surface area contributed by atoms with E-state index in [1.165, 1.54) is 12.1 Å². The van der Waals surface area contributed by atoms with Crippen molar-refractivity contribution in [3.8, 4) is 17.2 Å². The number of halogens is 3. The van der Waals surface area contributed by atoms with Crippen molar-refractivity contribution in [2.45, 2.75) is 19.0 Å². The van der Waals surface area contributed by atoms with Crippen LogP contribution in [0.5, 0.6) is 17.2 Å². The molecule has 4 nitrogen and oxygen atoms in total. The molecule has 122 valence electrons. The van der Waals surface area contributed by atoms with E-state index in [2.05, 4.69) is 0 Å². The van der Waals surface area contributed by atoms with Crippen molar-refractivity contribution in [1.82, 2.24) is 0 Å². The van der Waals surface area contributed by atoms with Gasteiger partial charge in [-0.05, 0) is 24.1 Å². The summed E-state index contributed by atoms with van der Waals surface area (Å²) in [5.41, 5.74) is -0.583. The second-order valence-electron chi connectivity index (χ2n) is 4.98. The minimum atomic E-state index is -4.42. The normalized spacial score (nSPS) is 11.4. The molecule has 0 atom stereocenters. The third kappa shape index (κ3) is 3.94. The highest BCUT2D eigenvalue weighted by molar-refractivity contribution is 6.01. The average molecular weight is 326 g/mol. The summed E-state index contributed by atoms with van der Waals surface area (Å²) in [5.74, 6) is -2.08. The van der Waals surface area contributed by atoms with Crippen LogP contribution in [0.1, 0.15) is 27.9 Å². The molecule has 0 amide bonds. The third-order valence-corrected chi connectivity index (χ3v) is 3.28. The third-order valence-electron chi connectivity index (χ3n) is 3.28. The molecule has 0 aliphatic rings. The highest BCUT2D eigenvalue weighted by atomic mass is 19.4. The van der Waals surface area contributed by atoms with E-state index in [4.69, 9.17) is 0 Å². The molecule has 2 aromatic carbocycles. The number of aryl methyl sites for hydroxylation is 1. The molecule has 0 aromatic heterocycles. The van der Waals surface area contributed by atoms with Gasteiger partial charge < -0.3 is 15.3 Å². The summed E-state index contributed by atoms with van der Waals surface area (Å²) >= 11 is 0. The van der Waals surface area contributed by atoms with Crippen LogP contribution in [-0.2, 0) is 12.6 Å². The van der Waals surface area contributed by atoms with Gasteiger partial charge in [0.05, 0.1) is 5.56 Å². The first-order valence-corrected chi connectivity index (χ1v) is 6.63. The van der Waals surface area contributed by atoms with E-state index in [9.17, 15) is 33.3 Å². The van der Waals surface area contributed by atoms with Gasteiger partial charge in [-0.3, -0.25) is 4.79 Å². The quantitative estimate of drug-likeness (QED) is 0.750. The molecule has 0 fully saturated rings. The number of carbonyl (C=O) groups is 1. The van der Waals surface area contributed by atoms with E-state index >= 15 is 0 Å². The maximum absolute atomic E-state index is 12.4. The molecule has 0 unspecified atom stereocenters. The van der Waals surface area contributed by atoms with Crippen LogP contribution in [0.4, 0.5) is 13.2 Å². The van der Waals surface area contributed by atoms with Gasteiger partial charge in [0.1, 0.15) is 22.8 Å². The van der Waals surface area contributed by atoms with E-state index in [0.29, 0.717) is 5.56 Å². The lowest BCUT2D eigenvalue weighted by Gasteiger charge is -2.09. The number of ketones is 1. The SMILES string of the molecule is O=C(CCc1ccc(C(F)(F)F)cc1)c1c(O)cc(O)cc1O. The standard InChI is InChI=1S/C16H13F3O4/c17-16(18,19)10-4-1-9(2-5-10)3-6-12(21)15-13(22)7-11(20)8-14(15)23/h1-2,4-5,7-8,20,22-23H,3,6H2. The summed E-state index contributed by atoms with van der Waals surface area (Å²) < 4.78 is 37.3. The van der Waals surface area contributed by atoms with Crippen LogP contribution in [0.15, 0.2) is 36.4 Å². The first-order chi connectivity index (χ1) is 10.7. The summed E-state index contributed by atoms with van der Waals surface area (Å²) in [7, 11) is 0. The summed E-state index contributed by atoms with van der Waals surface area (Å²) in [5, 5.41) is 28.4. The molecule has 3 N–H and O–H groups in total. The number of benzene rings is 2. The zero-order valence-electron chi connectivity index (χ0n) is 11.8. The lowest BCUT2D eigenvalue weighted by Crippen LogP contribution is -2.05. The first kappa shape index (κ1) is 16.7. The molecule has 0 saturated heterocycles. The molecule has 2 rings (SSSR count). The molecule has 0 bridgehead atoms. The van der Waals surface area contributed by atoms with Gasteiger partial charge in [0.2, 0.25) is 0 Å². The largest absolute Gasteiger partial charge is 0.508 e. The van der Waals surface area contributed by atoms with Crippen molar-refractivity contribution in [2.75, 3.05) is 0 Å². The minimum absolute atomic E-state index is 0.114. The van der Waals surface area contributed by atoms with Gasteiger partial charge in [-0.15, -0.1) is 0 Å². The number of hydrogen-bond donors (Lipinski definition) is 3. The van der Waals surface area contributed by atoms with Crippen molar-refractivity contribution in [2.24, 2.45) is 0 Å².